The van der Waals surface area contributed by atoms with Gasteiger partial charge in [0, 0.05) is 11.8 Å². The van der Waals surface area contributed by atoms with Gasteiger partial charge in [0.05, 0.1) is 6.20 Å². The van der Waals surface area contributed by atoms with Gasteiger partial charge in [0.15, 0.2) is 0 Å². The molecule has 1 aliphatic heterocycles. The fourth-order valence-corrected chi connectivity index (χ4v) is 2.65. The lowest BCUT2D eigenvalue weighted by Gasteiger charge is -2.24. The molecular weight excluding hydrogens is 307 g/mol. The largest absolute Gasteiger partial charge is 0.437 e. The molecule has 0 aromatic carbocycles. The first-order chi connectivity index (χ1) is 11.0. The first-order valence-electron chi connectivity index (χ1n) is 7.41. The molecule has 0 aliphatic carbocycles. The van der Waals surface area contributed by atoms with Crippen LogP contribution < -0.4 is 10.1 Å². The van der Waals surface area contributed by atoms with Crippen LogP contribution in [0.2, 0.25) is 0 Å². The number of nitrogens with one attached hydrogen (secondary N) is 1. The molecular formula is C16H16F3N3O. The molecule has 2 aromatic rings. The van der Waals surface area contributed by atoms with Crippen molar-refractivity contribution in [3.63, 3.8) is 0 Å². The number of aromatic nitrogens is 2. The Bertz CT molecular complexity index is 652. The molecule has 3 heterocycles. The van der Waals surface area contributed by atoms with E-state index in [-0.39, 0.29) is 5.75 Å². The van der Waals surface area contributed by atoms with Crippen molar-refractivity contribution in [3.8, 4) is 11.6 Å². The molecule has 0 radical (unpaired) electrons. The zero-order chi connectivity index (χ0) is 16.3. The molecule has 1 fully saturated rings. The summed E-state index contributed by atoms with van der Waals surface area (Å²) in [5, 5.41) is 3.30. The first kappa shape index (κ1) is 15.7. The summed E-state index contributed by atoms with van der Waals surface area (Å²) in [6, 6.07) is 5.96. The summed E-state index contributed by atoms with van der Waals surface area (Å²) in [5.74, 6) is 1.01. The van der Waals surface area contributed by atoms with Gasteiger partial charge in [-0.05, 0) is 50.0 Å². The van der Waals surface area contributed by atoms with Crippen LogP contribution in [0.15, 0.2) is 36.7 Å². The van der Waals surface area contributed by atoms with Crippen LogP contribution in [0, 0.1) is 0 Å². The summed E-state index contributed by atoms with van der Waals surface area (Å²) < 4.78 is 43.3. The normalized spacial score (nSPS) is 16.3. The second kappa shape index (κ2) is 6.54. The molecule has 0 amide bonds. The van der Waals surface area contributed by atoms with E-state index in [0.29, 0.717) is 11.8 Å². The van der Waals surface area contributed by atoms with E-state index in [9.17, 15) is 13.2 Å². The number of alkyl halides is 3. The maximum absolute atomic E-state index is 12.5. The number of piperidine rings is 1. The molecule has 23 heavy (non-hydrogen) atoms. The highest BCUT2D eigenvalue weighted by Crippen LogP contribution is 2.34. The minimum absolute atomic E-state index is 0.242. The van der Waals surface area contributed by atoms with Gasteiger partial charge in [0.1, 0.15) is 11.4 Å². The number of halogens is 3. The topological polar surface area (TPSA) is 47.0 Å². The van der Waals surface area contributed by atoms with E-state index in [2.05, 4.69) is 15.3 Å². The van der Waals surface area contributed by atoms with Crippen molar-refractivity contribution in [3.05, 3.63) is 47.9 Å². The maximum atomic E-state index is 12.5. The molecule has 122 valence electrons. The Balaban J connectivity index is 1.80. The zero-order valence-electron chi connectivity index (χ0n) is 12.3. The third-order valence-electron chi connectivity index (χ3n) is 3.82. The number of rotatable bonds is 3. The lowest BCUT2D eigenvalue weighted by Crippen LogP contribution is -2.26. The van der Waals surface area contributed by atoms with Crippen molar-refractivity contribution in [1.82, 2.24) is 15.3 Å². The predicted molar refractivity (Wildman–Crippen MR) is 78.4 cm³/mol. The van der Waals surface area contributed by atoms with Crippen LogP contribution >= 0.6 is 0 Å². The molecule has 0 spiro atoms. The van der Waals surface area contributed by atoms with Crippen LogP contribution in [0.5, 0.6) is 11.6 Å². The van der Waals surface area contributed by atoms with Crippen LogP contribution in [0.4, 0.5) is 13.2 Å². The molecule has 1 aliphatic rings. The van der Waals surface area contributed by atoms with Crippen molar-refractivity contribution in [2.45, 2.75) is 24.9 Å². The summed E-state index contributed by atoms with van der Waals surface area (Å²) >= 11 is 0. The smallest absolute Gasteiger partial charge is 0.433 e. The molecule has 1 N–H and O–H groups in total. The van der Waals surface area contributed by atoms with Crippen molar-refractivity contribution < 1.29 is 17.9 Å². The highest BCUT2D eigenvalue weighted by atomic mass is 19.4. The Kier molecular flexibility index (Phi) is 4.47. The summed E-state index contributed by atoms with van der Waals surface area (Å²) in [6.45, 7) is 1.86. The summed E-state index contributed by atoms with van der Waals surface area (Å²) in [7, 11) is 0. The maximum Gasteiger partial charge on any atom is 0.433 e. The van der Waals surface area contributed by atoms with Gasteiger partial charge in [-0.1, -0.05) is 6.07 Å². The monoisotopic (exact) mass is 323 g/mol. The summed E-state index contributed by atoms with van der Waals surface area (Å²) in [4.78, 5) is 7.63. The number of hydrogen-bond acceptors (Lipinski definition) is 4. The van der Waals surface area contributed by atoms with Gasteiger partial charge in [-0.25, -0.2) is 9.97 Å². The van der Waals surface area contributed by atoms with Gasteiger partial charge >= 0.3 is 6.18 Å². The molecule has 7 heteroatoms. The van der Waals surface area contributed by atoms with Gasteiger partial charge in [-0.3, -0.25) is 0 Å². The van der Waals surface area contributed by atoms with Gasteiger partial charge in [-0.2, -0.15) is 13.2 Å². The van der Waals surface area contributed by atoms with Gasteiger partial charge < -0.3 is 10.1 Å². The summed E-state index contributed by atoms with van der Waals surface area (Å²) in [6.07, 6.45) is 0.186. The lowest BCUT2D eigenvalue weighted by molar-refractivity contribution is -0.141. The van der Waals surface area contributed by atoms with Crippen LogP contribution in [0.3, 0.4) is 0 Å². The molecule has 4 nitrogen and oxygen atoms in total. The second-order valence-electron chi connectivity index (χ2n) is 5.40. The SMILES string of the molecule is FC(F)(F)c1ccc(Oc2ncccc2C2CCNCC2)cn1. The van der Waals surface area contributed by atoms with Gasteiger partial charge in [0.2, 0.25) is 5.88 Å². The number of ether oxygens (including phenoxy) is 1. The molecule has 0 atom stereocenters. The molecule has 1 saturated heterocycles. The molecule has 0 saturated carbocycles. The predicted octanol–water partition coefficient (Wildman–Crippen LogP) is 3.75. The molecule has 3 rings (SSSR count). The average molecular weight is 323 g/mol. The number of pyridine rings is 2. The molecule has 0 unspecified atom stereocenters. The van der Waals surface area contributed by atoms with E-state index < -0.39 is 11.9 Å². The Labute approximate surface area is 131 Å². The fraction of sp³-hybridized carbons (Fsp3) is 0.375. The highest BCUT2D eigenvalue weighted by molar-refractivity contribution is 5.34. The van der Waals surface area contributed by atoms with E-state index in [4.69, 9.17) is 4.74 Å². The van der Waals surface area contributed by atoms with E-state index in [0.717, 1.165) is 43.8 Å². The van der Waals surface area contributed by atoms with E-state index in [1.54, 1.807) is 6.20 Å². The number of nitrogens with zero attached hydrogens (tertiary/aromatic N) is 2. The zero-order valence-corrected chi connectivity index (χ0v) is 12.3. The number of hydrogen-bond donors (Lipinski definition) is 1. The first-order valence-corrected chi connectivity index (χ1v) is 7.41. The summed E-state index contributed by atoms with van der Waals surface area (Å²) in [5.41, 5.74) is 0.0401. The van der Waals surface area contributed by atoms with Crippen molar-refractivity contribution in [2.75, 3.05) is 13.1 Å². The van der Waals surface area contributed by atoms with E-state index in [1.165, 1.54) is 6.07 Å². The van der Waals surface area contributed by atoms with Gasteiger partial charge in [-0.15, -0.1) is 0 Å². The van der Waals surface area contributed by atoms with Gasteiger partial charge in [0.25, 0.3) is 0 Å². The third-order valence-corrected chi connectivity index (χ3v) is 3.82. The standard InChI is InChI=1S/C16H16F3N3O/c17-16(18,19)14-4-3-12(10-22-14)23-15-13(2-1-7-21-15)11-5-8-20-9-6-11/h1-4,7,10-11,20H,5-6,8-9H2. The van der Waals surface area contributed by atoms with E-state index in [1.807, 2.05) is 12.1 Å². The van der Waals surface area contributed by atoms with Crippen LogP contribution in [-0.2, 0) is 6.18 Å². The quantitative estimate of drug-likeness (QED) is 0.934. The van der Waals surface area contributed by atoms with Crippen LogP contribution in [0.25, 0.3) is 0 Å². The minimum Gasteiger partial charge on any atom is -0.437 e. The Hall–Kier alpha value is -2.15. The fourth-order valence-electron chi connectivity index (χ4n) is 2.65. The lowest BCUT2D eigenvalue weighted by atomic mass is 9.91. The highest BCUT2D eigenvalue weighted by Gasteiger charge is 2.32. The minimum atomic E-state index is -4.45. The van der Waals surface area contributed by atoms with Crippen molar-refractivity contribution >= 4 is 0 Å². The van der Waals surface area contributed by atoms with Crippen molar-refractivity contribution in [2.24, 2.45) is 0 Å². The third kappa shape index (κ3) is 3.79. The molecule has 0 bridgehead atoms. The molecule has 2 aromatic heterocycles. The average Bonchev–Trinajstić information content (AvgIpc) is 2.56. The van der Waals surface area contributed by atoms with Crippen LogP contribution in [-0.4, -0.2) is 23.1 Å². The van der Waals surface area contributed by atoms with Crippen LogP contribution in [0.1, 0.15) is 30.0 Å². The Morgan fingerprint density at radius 3 is 2.52 bits per heavy atom. The second-order valence-corrected chi connectivity index (χ2v) is 5.40. The Morgan fingerprint density at radius 2 is 1.87 bits per heavy atom. The van der Waals surface area contributed by atoms with E-state index >= 15 is 0 Å². The Morgan fingerprint density at radius 1 is 1.09 bits per heavy atom. The van der Waals surface area contributed by atoms with Crippen molar-refractivity contribution in [1.29, 1.82) is 0 Å².